The van der Waals surface area contributed by atoms with Gasteiger partial charge in [0.05, 0.1) is 6.61 Å². The van der Waals surface area contributed by atoms with Crippen LogP contribution in [0.2, 0.25) is 0 Å². The molecule has 0 aromatic carbocycles. The minimum absolute atomic E-state index is 0.610. The van der Waals surface area contributed by atoms with Crippen molar-refractivity contribution in [3.8, 4) is 0 Å². The van der Waals surface area contributed by atoms with Gasteiger partial charge in [0.1, 0.15) is 0 Å². The van der Waals surface area contributed by atoms with Crippen molar-refractivity contribution in [2.45, 2.75) is 39.7 Å². The molecule has 3 unspecified atom stereocenters. The molecule has 2 nitrogen and oxygen atoms in total. The Kier molecular flexibility index (Phi) is 2.85. The van der Waals surface area contributed by atoms with E-state index in [1.807, 2.05) is 0 Å². The largest absolute Gasteiger partial charge is 0.381 e. The van der Waals surface area contributed by atoms with Gasteiger partial charge in [-0.05, 0) is 43.6 Å². The van der Waals surface area contributed by atoms with E-state index in [9.17, 15) is 0 Å². The first-order valence-electron chi connectivity index (χ1n) is 5.91. The Morgan fingerprint density at radius 3 is 2.71 bits per heavy atom. The van der Waals surface area contributed by atoms with Gasteiger partial charge in [0.15, 0.2) is 0 Å². The fourth-order valence-corrected chi connectivity index (χ4v) is 2.37. The normalized spacial score (nSPS) is 37.1. The van der Waals surface area contributed by atoms with Crippen LogP contribution in [-0.2, 0) is 4.74 Å². The van der Waals surface area contributed by atoms with E-state index < -0.39 is 0 Å². The van der Waals surface area contributed by atoms with Crippen molar-refractivity contribution in [2.75, 3.05) is 19.8 Å². The van der Waals surface area contributed by atoms with Gasteiger partial charge < -0.3 is 10.1 Å². The number of nitrogens with one attached hydrogen (secondary N) is 1. The molecule has 1 aliphatic carbocycles. The lowest BCUT2D eigenvalue weighted by atomic mass is 10.0. The Balaban J connectivity index is 1.65. The first-order chi connectivity index (χ1) is 6.59. The first kappa shape index (κ1) is 10.4. The molecule has 2 aliphatic rings. The highest BCUT2D eigenvalue weighted by Gasteiger charge is 2.45. The molecule has 82 valence electrons. The van der Waals surface area contributed by atoms with Crippen LogP contribution in [0.25, 0.3) is 0 Å². The Bertz CT molecular complexity index is 196. The van der Waals surface area contributed by atoms with Crippen molar-refractivity contribution in [1.29, 1.82) is 0 Å². The predicted molar refractivity (Wildman–Crippen MR) is 58.3 cm³/mol. The van der Waals surface area contributed by atoms with E-state index in [0.29, 0.717) is 11.5 Å². The van der Waals surface area contributed by atoms with Crippen LogP contribution in [0, 0.1) is 17.3 Å². The fourth-order valence-electron chi connectivity index (χ4n) is 2.37. The molecule has 0 aromatic rings. The summed E-state index contributed by atoms with van der Waals surface area (Å²) in [5, 5.41) is 3.66. The quantitative estimate of drug-likeness (QED) is 0.744. The molecule has 0 bridgehead atoms. The molecule has 2 heteroatoms. The lowest BCUT2D eigenvalue weighted by Gasteiger charge is -2.19. The summed E-state index contributed by atoms with van der Waals surface area (Å²) in [6.45, 7) is 10.2. The second-order valence-electron chi connectivity index (χ2n) is 5.71. The number of hydrogen-bond donors (Lipinski definition) is 1. The van der Waals surface area contributed by atoms with E-state index in [1.54, 1.807) is 0 Å². The second kappa shape index (κ2) is 3.82. The summed E-state index contributed by atoms with van der Waals surface area (Å²) >= 11 is 0. The van der Waals surface area contributed by atoms with E-state index in [0.717, 1.165) is 25.0 Å². The molecule has 1 N–H and O–H groups in total. The minimum atomic E-state index is 0.610. The highest BCUT2D eigenvalue weighted by molar-refractivity contribution is 4.96. The van der Waals surface area contributed by atoms with Crippen molar-refractivity contribution >= 4 is 0 Å². The Morgan fingerprint density at radius 1 is 1.50 bits per heavy atom. The topological polar surface area (TPSA) is 21.3 Å². The van der Waals surface area contributed by atoms with Crippen molar-refractivity contribution in [2.24, 2.45) is 17.3 Å². The Morgan fingerprint density at radius 2 is 2.21 bits per heavy atom. The van der Waals surface area contributed by atoms with E-state index >= 15 is 0 Å². The summed E-state index contributed by atoms with van der Waals surface area (Å²) in [6, 6.07) is 0.633. The predicted octanol–water partition coefficient (Wildman–Crippen LogP) is 2.05. The molecule has 1 aliphatic heterocycles. The molecule has 14 heavy (non-hydrogen) atoms. The van der Waals surface area contributed by atoms with Crippen molar-refractivity contribution in [3.63, 3.8) is 0 Å². The lowest BCUT2D eigenvalue weighted by molar-refractivity contribution is 0.178. The Hall–Kier alpha value is -0.0800. The summed E-state index contributed by atoms with van der Waals surface area (Å²) < 4.78 is 5.40. The average molecular weight is 197 g/mol. The van der Waals surface area contributed by atoms with Gasteiger partial charge in [-0.1, -0.05) is 13.8 Å². The molecule has 2 fully saturated rings. The summed E-state index contributed by atoms with van der Waals surface area (Å²) in [7, 11) is 0. The maximum atomic E-state index is 5.40. The molecule has 0 radical (unpaired) electrons. The molecule has 2 rings (SSSR count). The van der Waals surface area contributed by atoms with Crippen LogP contribution in [0.4, 0.5) is 0 Å². The average Bonchev–Trinajstić information content (AvgIpc) is 2.58. The Labute approximate surface area is 87.4 Å². The van der Waals surface area contributed by atoms with Crippen molar-refractivity contribution in [1.82, 2.24) is 5.32 Å². The van der Waals surface area contributed by atoms with Gasteiger partial charge in [0.2, 0.25) is 0 Å². The minimum Gasteiger partial charge on any atom is -0.381 e. The highest BCUT2D eigenvalue weighted by Crippen LogP contribution is 2.51. The van der Waals surface area contributed by atoms with Gasteiger partial charge in [-0.2, -0.15) is 0 Å². The molecule has 1 heterocycles. The summed E-state index contributed by atoms with van der Waals surface area (Å²) in [5.74, 6) is 1.66. The van der Waals surface area contributed by atoms with Crippen molar-refractivity contribution < 1.29 is 4.74 Å². The lowest BCUT2D eigenvalue weighted by Crippen LogP contribution is -2.35. The molecular weight excluding hydrogens is 174 g/mol. The zero-order chi connectivity index (χ0) is 10.2. The van der Waals surface area contributed by atoms with E-state index in [2.05, 4.69) is 26.1 Å². The van der Waals surface area contributed by atoms with Crippen LogP contribution >= 0.6 is 0 Å². The van der Waals surface area contributed by atoms with Gasteiger partial charge in [-0.3, -0.25) is 0 Å². The summed E-state index contributed by atoms with van der Waals surface area (Å²) in [5.41, 5.74) is 0.610. The first-order valence-corrected chi connectivity index (χ1v) is 5.91. The van der Waals surface area contributed by atoms with Gasteiger partial charge in [0.25, 0.3) is 0 Å². The van der Waals surface area contributed by atoms with Gasteiger partial charge in [-0.25, -0.2) is 0 Å². The monoisotopic (exact) mass is 197 g/mol. The van der Waals surface area contributed by atoms with E-state index in [1.165, 1.54) is 19.4 Å². The van der Waals surface area contributed by atoms with Crippen molar-refractivity contribution in [3.05, 3.63) is 0 Å². The SMILES string of the molecule is CC(NCC1CC1(C)C)C1CCOC1. The highest BCUT2D eigenvalue weighted by atomic mass is 16.5. The molecule has 1 saturated carbocycles. The van der Waals surface area contributed by atoms with Crippen LogP contribution in [-0.4, -0.2) is 25.8 Å². The summed E-state index contributed by atoms with van der Waals surface area (Å²) in [4.78, 5) is 0. The fraction of sp³-hybridized carbons (Fsp3) is 1.00. The smallest absolute Gasteiger partial charge is 0.0509 e. The second-order valence-corrected chi connectivity index (χ2v) is 5.71. The van der Waals surface area contributed by atoms with Crippen LogP contribution in [0.15, 0.2) is 0 Å². The number of ether oxygens (including phenoxy) is 1. The van der Waals surface area contributed by atoms with Crippen LogP contribution in [0.1, 0.15) is 33.6 Å². The maximum Gasteiger partial charge on any atom is 0.0509 e. The van der Waals surface area contributed by atoms with Gasteiger partial charge in [0, 0.05) is 12.6 Å². The standard InChI is InChI=1S/C12H23NO/c1-9(10-4-5-14-8-10)13-7-11-6-12(11,2)3/h9-11,13H,4-8H2,1-3H3. The molecule has 0 spiro atoms. The zero-order valence-corrected chi connectivity index (χ0v) is 9.68. The van der Waals surface area contributed by atoms with Gasteiger partial charge in [-0.15, -0.1) is 0 Å². The third kappa shape index (κ3) is 2.29. The van der Waals surface area contributed by atoms with Crippen LogP contribution < -0.4 is 5.32 Å². The van der Waals surface area contributed by atoms with Gasteiger partial charge >= 0.3 is 0 Å². The molecule has 0 amide bonds. The van der Waals surface area contributed by atoms with Crippen LogP contribution in [0.5, 0.6) is 0 Å². The molecular formula is C12H23NO. The molecule has 3 atom stereocenters. The third-order valence-corrected chi connectivity index (χ3v) is 4.08. The molecule has 0 aromatic heterocycles. The van der Waals surface area contributed by atoms with E-state index in [4.69, 9.17) is 4.74 Å². The number of rotatable bonds is 4. The number of hydrogen-bond acceptors (Lipinski definition) is 2. The van der Waals surface area contributed by atoms with E-state index in [-0.39, 0.29) is 0 Å². The molecule has 1 saturated heterocycles. The maximum absolute atomic E-state index is 5.40. The zero-order valence-electron chi connectivity index (χ0n) is 9.68. The third-order valence-electron chi connectivity index (χ3n) is 4.08. The summed E-state index contributed by atoms with van der Waals surface area (Å²) in [6.07, 6.45) is 2.64. The van der Waals surface area contributed by atoms with Crippen LogP contribution in [0.3, 0.4) is 0 Å².